The number of aromatic nitrogens is 2. The molecule has 3 rings (SSSR count). The second kappa shape index (κ2) is 6.83. The van der Waals surface area contributed by atoms with Gasteiger partial charge in [-0.05, 0) is 43.2 Å². The zero-order valence-corrected chi connectivity index (χ0v) is 13.4. The molecule has 2 aromatic rings. The first-order valence-corrected chi connectivity index (χ1v) is 7.70. The number of ether oxygens (including phenoxy) is 2. The van der Waals surface area contributed by atoms with Crippen LogP contribution < -0.4 is 14.4 Å². The molecule has 6 heteroatoms. The molecule has 6 nitrogen and oxygen atoms in total. The third-order valence-corrected chi connectivity index (χ3v) is 4.12. The van der Waals surface area contributed by atoms with E-state index in [-0.39, 0.29) is 6.10 Å². The summed E-state index contributed by atoms with van der Waals surface area (Å²) in [6.45, 7) is 1.61. The third kappa shape index (κ3) is 3.37. The third-order valence-electron chi connectivity index (χ3n) is 4.12. The van der Waals surface area contributed by atoms with Crippen molar-refractivity contribution in [1.29, 1.82) is 0 Å². The minimum atomic E-state index is -0.195. The molecule has 1 saturated heterocycles. The Kier molecular flexibility index (Phi) is 4.62. The van der Waals surface area contributed by atoms with Crippen LogP contribution in [-0.4, -0.2) is 48.7 Å². The van der Waals surface area contributed by atoms with Gasteiger partial charge in [0.2, 0.25) is 0 Å². The molecule has 0 aliphatic carbocycles. The van der Waals surface area contributed by atoms with Gasteiger partial charge in [-0.3, -0.25) is 0 Å². The smallest absolute Gasteiger partial charge is 0.151 e. The summed E-state index contributed by atoms with van der Waals surface area (Å²) in [6.07, 6.45) is 1.35. The first kappa shape index (κ1) is 15.6. The summed E-state index contributed by atoms with van der Waals surface area (Å²) >= 11 is 0. The van der Waals surface area contributed by atoms with Crippen LogP contribution in [0, 0.1) is 0 Å². The first-order chi connectivity index (χ1) is 11.2. The maximum atomic E-state index is 9.59. The summed E-state index contributed by atoms with van der Waals surface area (Å²) in [4.78, 5) is 2.15. The van der Waals surface area contributed by atoms with Crippen molar-refractivity contribution < 1.29 is 14.6 Å². The highest BCUT2D eigenvalue weighted by atomic mass is 16.5. The lowest BCUT2D eigenvalue weighted by molar-refractivity contribution is 0.145. The molecule has 0 bridgehead atoms. The lowest BCUT2D eigenvalue weighted by Gasteiger charge is -2.30. The molecule has 0 amide bonds. The summed E-state index contributed by atoms with van der Waals surface area (Å²) in [7, 11) is 3.26. The summed E-state index contributed by atoms with van der Waals surface area (Å²) in [5, 5.41) is 18.3. The molecular weight excluding hydrogens is 294 g/mol. The van der Waals surface area contributed by atoms with Crippen LogP contribution in [-0.2, 0) is 0 Å². The van der Waals surface area contributed by atoms with E-state index in [2.05, 4.69) is 15.1 Å². The summed E-state index contributed by atoms with van der Waals surface area (Å²) in [5.74, 6) is 2.31. The molecule has 0 atom stereocenters. The van der Waals surface area contributed by atoms with Crippen LogP contribution in [0.15, 0.2) is 30.3 Å². The van der Waals surface area contributed by atoms with E-state index in [4.69, 9.17) is 9.47 Å². The fraction of sp³-hybridized carbons (Fsp3) is 0.412. The standard InChI is InChI=1S/C17H21N3O3/c1-22-13-3-5-16(23-2)14(11-13)15-4-6-17(19-18-15)20-9-7-12(21)8-10-20/h3-6,11-12,21H,7-10H2,1-2H3. The van der Waals surface area contributed by atoms with Crippen molar-refractivity contribution in [2.24, 2.45) is 0 Å². The number of aliphatic hydroxyl groups excluding tert-OH is 1. The van der Waals surface area contributed by atoms with E-state index in [9.17, 15) is 5.11 Å². The number of hydrogen-bond acceptors (Lipinski definition) is 6. The van der Waals surface area contributed by atoms with Gasteiger partial charge in [0.15, 0.2) is 5.82 Å². The van der Waals surface area contributed by atoms with E-state index in [1.54, 1.807) is 14.2 Å². The average Bonchev–Trinajstić information content (AvgIpc) is 2.62. The second-order valence-electron chi connectivity index (χ2n) is 5.56. The summed E-state index contributed by atoms with van der Waals surface area (Å²) in [6, 6.07) is 9.49. The Labute approximate surface area is 135 Å². The fourth-order valence-corrected chi connectivity index (χ4v) is 2.75. The highest BCUT2D eigenvalue weighted by molar-refractivity contribution is 5.69. The molecule has 23 heavy (non-hydrogen) atoms. The molecule has 1 aliphatic rings. The Morgan fingerprint density at radius 3 is 2.43 bits per heavy atom. The van der Waals surface area contributed by atoms with Gasteiger partial charge in [-0.1, -0.05) is 0 Å². The second-order valence-corrected chi connectivity index (χ2v) is 5.56. The zero-order chi connectivity index (χ0) is 16.2. The summed E-state index contributed by atoms with van der Waals surface area (Å²) < 4.78 is 10.7. The number of aliphatic hydroxyl groups is 1. The Bertz CT molecular complexity index is 653. The van der Waals surface area contributed by atoms with Crippen LogP contribution in [0.25, 0.3) is 11.3 Å². The lowest BCUT2D eigenvalue weighted by Crippen LogP contribution is -2.36. The van der Waals surface area contributed by atoms with E-state index < -0.39 is 0 Å². The van der Waals surface area contributed by atoms with Crippen molar-refractivity contribution in [1.82, 2.24) is 10.2 Å². The molecule has 1 aromatic carbocycles. The predicted molar refractivity (Wildman–Crippen MR) is 88.0 cm³/mol. The number of piperidine rings is 1. The Morgan fingerprint density at radius 1 is 1.04 bits per heavy atom. The van der Waals surface area contributed by atoms with Crippen LogP contribution in [0.1, 0.15) is 12.8 Å². The van der Waals surface area contributed by atoms with Gasteiger partial charge in [0.1, 0.15) is 11.5 Å². The maximum Gasteiger partial charge on any atom is 0.151 e. The van der Waals surface area contributed by atoms with E-state index in [1.807, 2.05) is 30.3 Å². The topological polar surface area (TPSA) is 67.7 Å². The van der Waals surface area contributed by atoms with Crippen molar-refractivity contribution in [3.8, 4) is 22.8 Å². The quantitative estimate of drug-likeness (QED) is 0.932. The molecule has 1 N–H and O–H groups in total. The molecule has 0 radical (unpaired) electrons. The van der Waals surface area contributed by atoms with Crippen LogP contribution >= 0.6 is 0 Å². The van der Waals surface area contributed by atoms with Gasteiger partial charge >= 0.3 is 0 Å². The first-order valence-electron chi connectivity index (χ1n) is 7.70. The van der Waals surface area contributed by atoms with Crippen LogP contribution in [0.3, 0.4) is 0 Å². The predicted octanol–water partition coefficient (Wildman–Crippen LogP) is 2.12. The highest BCUT2D eigenvalue weighted by Crippen LogP contribution is 2.32. The van der Waals surface area contributed by atoms with Gasteiger partial charge in [0.05, 0.1) is 26.0 Å². The van der Waals surface area contributed by atoms with Gasteiger partial charge in [-0.2, -0.15) is 0 Å². The fourth-order valence-electron chi connectivity index (χ4n) is 2.75. The highest BCUT2D eigenvalue weighted by Gasteiger charge is 2.18. The molecular formula is C17H21N3O3. The minimum Gasteiger partial charge on any atom is -0.497 e. The van der Waals surface area contributed by atoms with E-state index in [0.717, 1.165) is 54.5 Å². The van der Waals surface area contributed by atoms with Crippen molar-refractivity contribution >= 4 is 5.82 Å². The normalized spacial score (nSPS) is 15.5. The van der Waals surface area contributed by atoms with Gasteiger partial charge in [-0.25, -0.2) is 0 Å². The molecule has 0 unspecified atom stereocenters. The Hall–Kier alpha value is -2.34. The van der Waals surface area contributed by atoms with Gasteiger partial charge in [0, 0.05) is 18.7 Å². The number of methoxy groups -OCH3 is 2. The van der Waals surface area contributed by atoms with Crippen molar-refractivity contribution in [2.45, 2.75) is 18.9 Å². The number of rotatable bonds is 4. The number of anilines is 1. The van der Waals surface area contributed by atoms with Crippen LogP contribution in [0.2, 0.25) is 0 Å². The van der Waals surface area contributed by atoms with E-state index in [1.165, 1.54) is 0 Å². The molecule has 2 heterocycles. The lowest BCUT2D eigenvalue weighted by atomic mass is 10.1. The van der Waals surface area contributed by atoms with Gasteiger partial charge in [0.25, 0.3) is 0 Å². The molecule has 122 valence electrons. The van der Waals surface area contributed by atoms with Crippen LogP contribution in [0.5, 0.6) is 11.5 Å². The minimum absolute atomic E-state index is 0.195. The Morgan fingerprint density at radius 2 is 1.83 bits per heavy atom. The number of nitrogens with zero attached hydrogens (tertiary/aromatic N) is 3. The van der Waals surface area contributed by atoms with Gasteiger partial charge in [-0.15, -0.1) is 10.2 Å². The number of benzene rings is 1. The zero-order valence-electron chi connectivity index (χ0n) is 13.4. The summed E-state index contributed by atoms with van der Waals surface area (Å²) in [5.41, 5.74) is 1.58. The van der Waals surface area contributed by atoms with Gasteiger partial charge < -0.3 is 19.5 Å². The number of hydrogen-bond donors (Lipinski definition) is 1. The van der Waals surface area contributed by atoms with E-state index in [0.29, 0.717) is 0 Å². The molecule has 0 saturated carbocycles. The average molecular weight is 315 g/mol. The molecule has 1 aliphatic heterocycles. The van der Waals surface area contributed by atoms with Crippen molar-refractivity contribution in [2.75, 3.05) is 32.2 Å². The van der Waals surface area contributed by atoms with E-state index >= 15 is 0 Å². The molecule has 0 spiro atoms. The molecule has 1 fully saturated rings. The van der Waals surface area contributed by atoms with Crippen LogP contribution in [0.4, 0.5) is 5.82 Å². The molecule has 1 aromatic heterocycles. The maximum absolute atomic E-state index is 9.59. The SMILES string of the molecule is COc1ccc(OC)c(-c2ccc(N3CCC(O)CC3)nn2)c1. The van der Waals surface area contributed by atoms with Crippen molar-refractivity contribution in [3.63, 3.8) is 0 Å². The van der Waals surface area contributed by atoms with Crippen molar-refractivity contribution in [3.05, 3.63) is 30.3 Å². The largest absolute Gasteiger partial charge is 0.497 e. The monoisotopic (exact) mass is 315 g/mol. The Balaban J connectivity index is 1.84.